The molecule has 0 spiro atoms. The molecule has 3 rings (SSSR count). The van der Waals surface area contributed by atoms with Crippen molar-refractivity contribution in [3.8, 4) is 5.88 Å². The van der Waals surface area contributed by atoms with Crippen LogP contribution >= 0.6 is 0 Å². The van der Waals surface area contributed by atoms with Gasteiger partial charge >= 0.3 is 5.69 Å². The van der Waals surface area contributed by atoms with Crippen molar-refractivity contribution in [1.29, 1.82) is 0 Å². The van der Waals surface area contributed by atoms with E-state index in [1.54, 1.807) is 26.1 Å². The standard InChI is InChI=1S/C25H31FN4O2/c1-6-8-9-21(7-2)29-10-12-30(13-11-29)24-16-23(27-25(31)28(24)5)32-17-20-14-18(3)19(4)22(26)15-20/h6-9,14-16H,1,10-13,17H2,2-5H3/b9-8-,21-7+. The zero-order chi connectivity index (χ0) is 23.3. The normalized spacial score (nSPS) is 14.8. The van der Waals surface area contributed by atoms with Crippen LogP contribution in [0.3, 0.4) is 0 Å². The lowest BCUT2D eigenvalue weighted by molar-refractivity contribution is 0.289. The minimum absolute atomic E-state index is 0.145. The highest BCUT2D eigenvalue weighted by molar-refractivity contribution is 5.43. The number of benzene rings is 1. The SMILES string of the molecule is C=C/C=C\C(=C/C)N1CCN(c2cc(OCc3cc(C)c(C)c(F)c3)nc(=O)n2C)CC1. The fourth-order valence-corrected chi connectivity index (χ4v) is 3.76. The number of rotatable bonds is 7. The molecule has 1 aliphatic heterocycles. The van der Waals surface area contributed by atoms with Gasteiger partial charge in [0, 0.05) is 45.0 Å². The van der Waals surface area contributed by atoms with Crippen LogP contribution in [0.4, 0.5) is 10.2 Å². The third-order valence-corrected chi connectivity index (χ3v) is 5.81. The van der Waals surface area contributed by atoms with E-state index in [2.05, 4.69) is 27.4 Å². The molecule has 32 heavy (non-hydrogen) atoms. The number of anilines is 1. The van der Waals surface area contributed by atoms with Gasteiger partial charge in [0.2, 0.25) is 5.88 Å². The van der Waals surface area contributed by atoms with E-state index in [4.69, 9.17) is 4.74 Å². The summed E-state index contributed by atoms with van der Waals surface area (Å²) in [6.45, 7) is 12.7. The van der Waals surface area contributed by atoms with Gasteiger partial charge in [-0.1, -0.05) is 30.9 Å². The zero-order valence-corrected chi connectivity index (χ0v) is 19.3. The average molecular weight is 439 g/mol. The highest BCUT2D eigenvalue weighted by Crippen LogP contribution is 2.21. The van der Waals surface area contributed by atoms with Gasteiger partial charge in [-0.3, -0.25) is 4.57 Å². The molecule has 1 fully saturated rings. The molecule has 1 aromatic heterocycles. The first-order valence-electron chi connectivity index (χ1n) is 10.8. The second kappa shape index (κ2) is 10.3. The van der Waals surface area contributed by atoms with Crippen LogP contribution in [0.1, 0.15) is 23.6 Å². The number of ether oxygens (including phenoxy) is 1. The third-order valence-electron chi connectivity index (χ3n) is 5.81. The van der Waals surface area contributed by atoms with E-state index in [1.807, 2.05) is 32.1 Å². The molecular weight excluding hydrogens is 407 g/mol. The van der Waals surface area contributed by atoms with Crippen LogP contribution in [-0.2, 0) is 13.7 Å². The van der Waals surface area contributed by atoms with E-state index in [9.17, 15) is 9.18 Å². The fraction of sp³-hybridized carbons (Fsp3) is 0.360. The summed E-state index contributed by atoms with van der Waals surface area (Å²) >= 11 is 0. The van der Waals surface area contributed by atoms with E-state index in [0.717, 1.165) is 43.3 Å². The number of allylic oxidation sites excluding steroid dienone is 4. The monoisotopic (exact) mass is 438 g/mol. The van der Waals surface area contributed by atoms with Gasteiger partial charge in [-0.2, -0.15) is 4.98 Å². The van der Waals surface area contributed by atoms with Gasteiger partial charge in [0.15, 0.2) is 0 Å². The molecule has 0 atom stereocenters. The second-order valence-electron chi connectivity index (χ2n) is 7.88. The number of aryl methyl sites for hydroxylation is 1. The van der Waals surface area contributed by atoms with E-state index >= 15 is 0 Å². The highest BCUT2D eigenvalue weighted by atomic mass is 19.1. The predicted octanol–water partition coefficient (Wildman–Crippen LogP) is 3.88. The van der Waals surface area contributed by atoms with E-state index in [1.165, 1.54) is 10.6 Å². The molecule has 1 aromatic carbocycles. The fourth-order valence-electron chi connectivity index (χ4n) is 3.76. The molecule has 0 N–H and O–H groups in total. The number of hydrogen-bond acceptors (Lipinski definition) is 5. The first-order valence-corrected chi connectivity index (χ1v) is 10.8. The summed E-state index contributed by atoms with van der Waals surface area (Å²) in [6, 6.07) is 5.13. The van der Waals surface area contributed by atoms with Crippen molar-refractivity contribution in [2.24, 2.45) is 7.05 Å². The van der Waals surface area contributed by atoms with Crippen LogP contribution in [0, 0.1) is 19.7 Å². The van der Waals surface area contributed by atoms with Crippen molar-refractivity contribution in [3.63, 3.8) is 0 Å². The predicted molar refractivity (Wildman–Crippen MR) is 127 cm³/mol. The van der Waals surface area contributed by atoms with Crippen LogP contribution < -0.4 is 15.3 Å². The third kappa shape index (κ3) is 5.28. The van der Waals surface area contributed by atoms with Crippen molar-refractivity contribution in [2.45, 2.75) is 27.4 Å². The molecule has 1 saturated heterocycles. The lowest BCUT2D eigenvalue weighted by Gasteiger charge is -2.38. The quantitative estimate of drug-likeness (QED) is 0.614. The molecule has 0 amide bonds. The lowest BCUT2D eigenvalue weighted by atomic mass is 10.1. The van der Waals surface area contributed by atoms with Crippen LogP contribution in [0.25, 0.3) is 0 Å². The van der Waals surface area contributed by atoms with Crippen molar-refractivity contribution in [2.75, 3.05) is 31.1 Å². The van der Waals surface area contributed by atoms with E-state index in [-0.39, 0.29) is 24.0 Å². The highest BCUT2D eigenvalue weighted by Gasteiger charge is 2.21. The molecule has 0 unspecified atom stereocenters. The molecule has 0 aliphatic carbocycles. The minimum atomic E-state index is -0.380. The van der Waals surface area contributed by atoms with Crippen molar-refractivity contribution in [1.82, 2.24) is 14.5 Å². The Morgan fingerprint density at radius 1 is 1.22 bits per heavy atom. The summed E-state index contributed by atoms with van der Waals surface area (Å²) in [5, 5.41) is 0. The maximum atomic E-state index is 14.0. The molecule has 170 valence electrons. The lowest BCUT2D eigenvalue weighted by Crippen LogP contribution is -2.47. The first-order chi connectivity index (χ1) is 15.3. The van der Waals surface area contributed by atoms with Gasteiger partial charge in [-0.15, -0.1) is 0 Å². The molecule has 2 aromatic rings. The second-order valence-corrected chi connectivity index (χ2v) is 7.88. The number of halogens is 1. The minimum Gasteiger partial charge on any atom is -0.473 e. The van der Waals surface area contributed by atoms with Gasteiger partial charge in [0.1, 0.15) is 18.2 Å². The van der Waals surface area contributed by atoms with Crippen molar-refractivity contribution < 1.29 is 9.13 Å². The Morgan fingerprint density at radius 3 is 2.56 bits per heavy atom. The molecule has 6 nitrogen and oxygen atoms in total. The molecule has 1 aliphatic rings. The summed E-state index contributed by atoms with van der Waals surface area (Å²) in [7, 11) is 1.71. The van der Waals surface area contributed by atoms with E-state index < -0.39 is 0 Å². The maximum Gasteiger partial charge on any atom is 0.352 e. The molecule has 0 saturated carbocycles. The van der Waals surface area contributed by atoms with Crippen LogP contribution in [0.2, 0.25) is 0 Å². The van der Waals surface area contributed by atoms with Crippen LogP contribution in [0.15, 0.2) is 59.6 Å². The van der Waals surface area contributed by atoms with E-state index in [0.29, 0.717) is 11.1 Å². The Hall–Kier alpha value is -3.35. The van der Waals surface area contributed by atoms with Crippen LogP contribution in [-0.4, -0.2) is 40.6 Å². The summed E-state index contributed by atoms with van der Waals surface area (Å²) in [5.41, 5.74) is 2.97. The number of aromatic nitrogens is 2. The zero-order valence-electron chi connectivity index (χ0n) is 19.3. The Balaban J connectivity index is 1.73. The number of hydrogen-bond donors (Lipinski definition) is 0. The smallest absolute Gasteiger partial charge is 0.352 e. The maximum absolute atomic E-state index is 14.0. The summed E-state index contributed by atoms with van der Waals surface area (Å²) < 4.78 is 21.3. The first kappa shape index (κ1) is 23.3. The summed E-state index contributed by atoms with van der Waals surface area (Å²) in [6.07, 6.45) is 7.82. The Morgan fingerprint density at radius 2 is 1.94 bits per heavy atom. The molecule has 7 heteroatoms. The van der Waals surface area contributed by atoms with Gasteiger partial charge in [-0.25, -0.2) is 9.18 Å². The van der Waals surface area contributed by atoms with Gasteiger partial charge < -0.3 is 14.5 Å². The Bertz CT molecular complexity index is 1070. The molecular formula is C25H31FN4O2. The molecule has 0 bridgehead atoms. The number of nitrogens with zero attached hydrogens (tertiary/aromatic N) is 4. The summed E-state index contributed by atoms with van der Waals surface area (Å²) in [5.74, 6) is 0.740. The van der Waals surface area contributed by atoms with Gasteiger partial charge in [0.05, 0.1) is 0 Å². The van der Waals surface area contributed by atoms with Crippen molar-refractivity contribution in [3.05, 3.63) is 87.8 Å². The molecule has 2 heterocycles. The molecule has 0 radical (unpaired) electrons. The average Bonchev–Trinajstić information content (AvgIpc) is 2.79. The largest absolute Gasteiger partial charge is 0.473 e. The van der Waals surface area contributed by atoms with Gasteiger partial charge in [0.25, 0.3) is 0 Å². The Labute approximate surface area is 188 Å². The summed E-state index contributed by atoms with van der Waals surface area (Å²) in [4.78, 5) is 20.9. The van der Waals surface area contributed by atoms with Crippen molar-refractivity contribution >= 4 is 5.82 Å². The number of piperazine rings is 1. The van der Waals surface area contributed by atoms with Gasteiger partial charge in [-0.05, 0) is 49.6 Å². The Kier molecular flexibility index (Phi) is 7.51. The topological polar surface area (TPSA) is 50.6 Å². The van der Waals surface area contributed by atoms with Crippen LogP contribution in [0.5, 0.6) is 5.88 Å².